The van der Waals surface area contributed by atoms with Crippen LogP contribution in [0.1, 0.15) is 11.1 Å². The van der Waals surface area contributed by atoms with Crippen molar-refractivity contribution in [1.82, 2.24) is 15.1 Å². The van der Waals surface area contributed by atoms with Crippen LogP contribution in [0.5, 0.6) is 5.75 Å². The first-order valence-electron chi connectivity index (χ1n) is 9.36. The summed E-state index contributed by atoms with van der Waals surface area (Å²) in [6, 6.07) is 14.4. The highest BCUT2D eigenvalue weighted by Gasteiger charge is 2.23. The fourth-order valence-corrected chi connectivity index (χ4v) is 3.20. The number of methoxy groups -OCH3 is 1. The minimum absolute atomic E-state index is 0.0198. The van der Waals surface area contributed by atoms with Gasteiger partial charge in [0.15, 0.2) is 0 Å². The van der Waals surface area contributed by atoms with Crippen LogP contribution in [0.15, 0.2) is 48.5 Å². The molecular formula is C21H26FN3O3. The smallest absolute Gasteiger partial charge is 0.147 e. The minimum Gasteiger partial charge on any atom is -0.497 e. The van der Waals surface area contributed by atoms with Crippen molar-refractivity contribution in [3.8, 4) is 5.75 Å². The van der Waals surface area contributed by atoms with Gasteiger partial charge in [-0.1, -0.05) is 24.3 Å². The van der Waals surface area contributed by atoms with E-state index < -0.39 is 0 Å². The van der Waals surface area contributed by atoms with Crippen molar-refractivity contribution >= 4 is 6.29 Å². The largest absolute Gasteiger partial charge is 0.497 e. The van der Waals surface area contributed by atoms with Crippen LogP contribution in [0, 0.1) is 5.82 Å². The Labute approximate surface area is 165 Å². The lowest BCUT2D eigenvalue weighted by Crippen LogP contribution is -2.53. The SMILES string of the molecule is COc1ccc(CN(OCC=O)N2CCN(Cc3ccc(F)cc3)CC2)cc1. The summed E-state index contributed by atoms with van der Waals surface area (Å²) in [7, 11) is 1.64. The Bertz CT molecular complexity index is 732. The lowest BCUT2D eigenvalue weighted by atomic mass is 10.2. The normalized spacial score (nSPS) is 15.7. The molecule has 2 aromatic rings. The zero-order valence-electron chi connectivity index (χ0n) is 16.1. The van der Waals surface area contributed by atoms with Crippen molar-refractivity contribution in [2.45, 2.75) is 13.1 Å². The molecule has 1 saturated heterocycles. The van der Waals surface area contributed by atoms with E-state index in [9.17, 15) is 9.18 Å². The molecule has 0 bridgehead atoms. The Kier molecular flexibility index (Phi) is 7.50. The van der Waals surface area contributed by atoms with Gasteiger partial charge in [0.2, 0.25) is 0 Å². The van der Waals surface area contributed by atoms with Gasteiger partial charge in [0.25, 0.3) is 0 Å². The molecule has 6 nitrogen and oxygen atoms in total. The summed E-state index contributed by atoms with van der Waals surface area (Å²) in [5, 5.41) is 3.89. The maximum absolute atomic E-state index is 13.1. The van der Waals surface area contributed by atoms with E-state index in [0.29, 0.717) is 6.54 Å². The summed E-state index contributed by atoms with van der Waals surface area (Å²) >= 11 is 0. The van der Waals surface area contributed by atoms with Crippen LogP contribution in [0.2, 0.25) is 0 Å². The summed E-state index contributed by atoms with van der Waals surface area (Å²) < 4.78 is 18.3. The summed E-state index contributed by atoms with van der Waals surface area (Å²) in [6.45, 7) is 4.66. The molecule has 28 heavy (non-hydrogen) atoms. The molecular weight excluding hydrogens is 361 g/mol. The summed E-state index contributed by atoms with van der Waals surface area (Å²) in [6.07, 6.45) is 0.756. The number of nitrogens with zero attached hydrogens (tertiary/aromatic N) is 3. The number of carbonyl (C=O) groups excluding carboxylic acids is 1. The number of hydrogen-bond acceptors (Lipinski definition) is 6. The number of piperazine rings is 1. The van der Waals surface area contributed by atoms with Crippen molar-refractivity contribution in [1.29, 1.82) is 0 Å². The average Bonchev–Trinajstić information content (AvgIpc) is 2.74. The predicted octanol–water partition coefficient (Wildman–Crippen LogP) is 2.50. The van der Waals surface area contributed by atoms with E-state index in [1.807, 2.05) is 36.4 Å². The number of hydrogen-bond donors (Lipinski definition) is 0. The first kappa shape index (κ1) is 20.4. The monoisotopic (exact) mass is 387 g/mol. The second-order valence-electron chi connectivity index (χ2n) is 6.68. The van der Waals surface area contributed by atoms with E-state index in [2.05, 4.69) is 9.91 Å². The first-order chi connectivity index (χ1) is 13.7. The second-order valence-corrected chi connectivity index (χ2v) is 6.68. The number of rotatable bonds is 9. The van der Waals surface area contributed by atoms with E-state index in [0.717, 1.165) is 55.9 Å². The highest BCUT2D eigenvalue weighted by Crippen LogP contribution is 2.16. The Morgan fingerprint density at radius 3 is 2.25 bits per heavy atom. The summed E-state index contributed by atoms with van der Waals surface area (Å²) in [5.74, 6) is 0.591. The molecule has 1 aliphatic heterocycles. The van der Waals surface area contributed by atoms with Gasteiger partial charge in [0.1, 0.15) is 24.5 Å². The van der Waals surface area contributed by atoms with Gasteiger partial charge >= 0.3 is 0 Å². The predicted molar refractivity (Wildman–Crippen MR) is 104 cm³/mol. The molecule has 150 valence electrons. The van der Waals surface area contributed by atoms with E-state index >= 15 is 0 Å². The maximum Gasteiger partial charge on any atom is 0.147 e. The molecule has 1 aliphatic rings. The molecule has 0 N–H and O–H groups in total. The lowest BCUT2D eigenvalue weighted by molar-refractivity contribution is -0.292. The first-order valence-corrected chi connectivity index (χ1v) is 9.36. The summed E-state index contributed by atoms with van der Waals surface area (Å²) in [4.78, 5) is 18.8. The molecule has 0 saturated carbocycles. The molecule has 1 fully saturated rings. The standard InChI is InChI=1S/C21H26FN3O3/c1-27-21-8-4-19(5-9-21)17-25(28-15-14-26)24-12-10-23(11-13-24)16-18-2-6-20(22)7-3-18/h2-9,14H,10-13,15-17H2,1H3. The van der Waals surface area contributed by atoms with Crippen LogP contribution in [-0.2, 0) is 22.7 Å². The zero-order valence-corrected chi connectivity index (χ0v) is 16.1. The van der Waals surface area contributed by atoms with Gasteiger partial charge in [-0.25, -0.2) is 9.40 Å². The molecule has 2 aromatic carbocycles. The number of benzene rings is 2. The van der Waals surface area contributed by atoms with Crippen LogP contribution >= 0.6 is 0 Å². The van der Waals surface area contributed by atoms with Gasteiger partial charge < -0.3 is 9.53 Å². The molecule has 0 spiro atoms. The van der Waals surface area contributed by atoms with Gasteiger partial charge in [-0.3, -0.25) is 9.74 Å². The lowest BCUT2D eigenvalue weighted by Gasteiger charge is -2.40. The van der Waals surface area contributed by atoms with Gasteiger partial charge in [-0.15, -0.1) is 5.17 Å². The van der Waals surface area contributed by atoms with Gasteiger partial charge in [-0.05, 0) is 35.4 Å². The van der Waals surface area contributed by atoms with Crippen LogP contribution in [-0.4, -0.2) is 61.3 Å². The third-order valence-corrected chi connectivity index (χ3v) is 4.75. The van der Waals surface area contributed by atoms with E-state index in [-0.39, 0.29) is 12.4 Å². The van der Waals surface area contributed by atoms with E-state index in [4.69, 9.17) is 9.57 Å². The third kappa shape index (κ3) is 5.84. The molecule has 0 atom stereocenters. The molecule has 0 unspecified atom stereocenters. The van der Waals surface area contributed by atoms with Crippen molar-refractivity contribution in [3.05, 3.63) is 65.5 Å². The fourth-order valence-electron chi connectivity index (χ4n) is 3.20. The second kappa shape index (κ2) is 10.3. The van der Waals surface area contributed by atoms with Crippen LogP contribution in [0.3, 0.4) is 0 Å². The van der Waals surface area contributed by atoms with Crippen LogP contribution in [0.4, 0.5) is 4.39 Å². The average molecular weight is 387 g/mol. The Balaban J connectivity index is 1.55. The van der Waals surface area contributed by atoms with Gasteiger partial charge in [-0.2, -0.15) is 0 Å². The van der Waals surface area contributed by atoms with Crippen molar-refractivity contribution in [2.24, 2.45) is 0 Å². The van der Waals surface area contributed by atoms with Crippen LogP contribution in [0.25, 0.3) is 0 Å². The number of ether oxygens (including phenoxy) is 1. The number of hydrazine groups is 1. The molecule has 0 aliphatic carbocycles. The molecule has 0 aromatic heterocycles. The van der Waals surface area contributed by atoms with E-state index in [1.165, 1.54) is 12.1 Å². The number of hydroxylamine groups is 1. The molecule has 0 amide bonds. The molecule has 7 heteroatoms. The number of aldehydes is 1. The maximum atomic E-state index is 13.1. The van der Waals surface area contributed by atoms with E-state index in [1.54, 1.807) is 12.3 Å². The van der Waals surface area contributed by atoms with Crippen molar-refractivity contribution < 1.29 is 18.8 Å². The van der Waals surface area contributed by atoms with Crippen molar-refractivity contribution in [2.75, 3.05) is 39.9 Å². The molecule has 0 radical (unpaired) electrons. The van der Waals surface area contributed by atoms with Gasteiger partial charge in [0.05, 0.1) is 13.7 Å². The fraction of sp³-hybridized carbons (Fsp3) is 0.381. The molecule has 3 rings (SSSR count). The topological polar surface area (TPSA) is 45.3 Å². The summed E-state index contributed by atoms with van der Waals surface area (Å²) in [5.41, 5.74) is 2.17. The van der Waals surface area contributed by atoms with Crippen molar-refractivity contribution in [3.63, 3.8) is 0 Å². The zero-order chi connectivity index (χ0) is 19.8. The Morgan fingerprint density at radius 1 is 1.00 bits per heavy atom. The highest BCUT2D eigenvalue weighted by atomic mass is 19.1. The number of carbonyl (C=O) groups is 1. The van der Waals surface area contributed by atoms with Gasteiger partial charge in [0, 0.05) is 32.7 Å². The Morgan fingerprint density at radius 2 is 1.64 bits per heavy atom. The van der Waals surface area contributed by atoms with Crippen LogP contribution < -0.4 is 4.74 Å². The quantitative estimate of drug-likeness (QED) is 0.487. The highest BCUT2D eigenvalue weighted by molar-refractivity contribution is 5.50. The molecule has 1 heterocycles. The third-order valence-electron chi connectivity index (χ3n) is 4.75. The number of halogens is 1. The Hall–Kier alpha value is -2.32. The minimum atomic E-state index is -0.213.